The highest BCUT2D eigenvalue weighted by atomic mass is 79.9. The van der Waals surface area contributed by atoms with Crippen molar-refractivity contribution in [3.8, 4) is 11.5 Å². The fourth-order valence-corrected chi connectivity index (χ4v) is 2.83. The van der Waals surface area contributed by atoms with E-state index in [4.69, 9.17) is 21.1 Å². The van der Waals surface area contributed by atoms with Crippen molar-refractivity contribution < 1.29 is 19.0 Å². The van der Waals surface area contributed by atoms with Gasteiger partial charge in [0.1, 0.15) is 25.1 Å². The summed E-state index contributed by atoms with van der Waals surface area (Å²) in [6.45, 7) is 0.876. The van der Waals surface area contributed by atoms with Crippen molar-refractivity contribution in [2.24, 2.45) is 0 Å². The largest absolute Gasteiger partial charge is 0.486 e. The molecule has 1 atom stereocenters. The van der Waals surface area contributed by atoms with E-state index in [2.05, 4.69) is 15.9 Å². The van der Waals surface area contributed by atoms with Gasteiger partial charge in [-0.3, -0.25) is 0 Å². The maximum Gasteiger partial charge on any atom is 0.162 e. The molecule has 2 aromatic carbocycles. The quantitative estimate of drug-likeness (QED) is 0.861. The first-order valence-corrected chi connectivity index (χ1v) is 7.46. The first-order chi connectivity index (χ1) is 10.1. The highest BCUT2D eigenvalue weighted by Gasteiger charge is 2.23. The number of halogens is 3. The van der Waals surface area contributed by atoms with Gasteiger partial charge in [-0.1, -0.05) is 23.7 Å². The molecule has 0 aliphatic carbocycles. The first kappa shape index (κ1) is 14.6. The van der Waals surface area contributed by atoms with Crippen LogP contribution in [0.5, 0.6) is 11.5 Å². The van der Waals surface area contributed by atoms with Crippen LogP contribution in [-0.4, -0.2) is 18.3 Å². The van der Waals surface area contributed by atoms with Gasteiger partial charge in [0.25, 0.3) is 0 Å². The van der Waals surface area contributed by atoms with E-state index < -0.39 is 11.9 Å². The van der Waals surface area contributed by atoms with Gasteiger partial charge < -0.3 is 14.6 Å². The third-order valence-corrected chi connectivity index (χ3v) is 4.17. The number of ether oxygens (including phenoxy) is 2. The Morgan fingerprint density at radius 1 is 1.14 bits per heavy atom. The van der Waals surface area contributed by atoms with Crippen LogP contribution >= 0.6 is 27.5 Å². The van der Waals surface area contributed by atoms with Crippen LogP contribution in [0.15, 0.2) is 34.8 Å². The molecule has 0 saturated carbocycles. The fraction of sp³-hybridized carbons (Fsp3) is 0.200. The molecule has 0 spiro atoms. The van der Waals surface area contributed by atoms with Crippen LogP contribution in [0.25, 0.3) is 0 Å². The zero-order valence-corrected chi connectivity index (χ0v) is 13.1. The number of aliphatic hydroxyl groups excluding tert-OH is 1. The van der Waals surface area contributed by atoms with Gasteiger partial charge in [0.2, 0.25) is 0 Å². The lowest BCUT2D eigenvalue weighted by molar-refractivity contribution is 0.169. The molecule has 0 aromatic heterocycles. The Morgan fingerprint density at radius 3 is 2.52 bits per heavy atom. The lowest BCUT2D eigenvalue weighted by Gasteiger charge is -2.21. The van der Waals surface area contributed by atoms with Crippen LogP contribution in [0.4, 0.5) is 4.39 Å². The predicted octanol–water partition coefficient (Wildman–Crippen LogP) is 4.09. The summed E-state index contributed by atoms with van der Waals surface area (Å²) in [5, 5.41) is 10.7. The van der Waals surface area contributed by atoms with E-state index in [9.17, 15) is 9.50 Å². The molecule has 0 fully saturated rings. The zero-order chi connectivity index (χ0) is 15.0. The average Bonchev–Trinajstić information content (AvgIpc) is 2.48. The SMILES string of the molecule is OC(c1cc2c(cc1Cl)OCCO2)c1cccc(Br)c1F. The van der Waals surface area contributed by atoms with Crippen molar-refractivity contribution >= 4 is 27.5 Å². The summed E-state index contributed by atoms with van der Waals surface area (Å²) >= 11 is 9.27. The van der Waals surface area contributed by atoms with E-state index in [1.54, 1.807) is 24.3 Å². The second kappa shape index (κ2) is 5.83. The molecule has 0 radical (unpaired) electrons. The van der Waals surface area contributed by atoms with Gasteiger partial charge in [-0.05, 0) is 28.1 Å². The van der Waals surface area contributed by atoms with Crippen molar-refractivity contribution in [1.29, 1.82) is 0 Å². The summed E-state index contributed by atoms with van der Waals surface area (Å²) in [6.07, 6.45) is -1.19. The average molecular weight is 374 g/mol. The molecule has 1 unspecified atom stereocenters. The van der Waals surface area contributed by atoms with Gasteiger partial charge in [-0.25, -0.2) is 4.39 Å². The highest BCUT2D eigenvalue weighted by Crippen LogP contribution is 2.40. The van der Waals surface area contributed by atoms with Crippen molar-refractivity contribution in [2.75, 3.05) is 13.2 Å². The van der Waals surface area contributed by atoms with Crippen molar-refractivity contribution in [3.63, 3.8) is 0 Å². The Balaban J connectivity index is 2.05. The molecule has 0 bridgehead atoms. The lowest BCUT2D eigenvalue weighted by atomic mass is 10.0. The van der Waals surface area contributed by atoms with E-state index in [0.717, 1.165) is 0 Å². The number of aliphatic hydroxyl groups is 1. The summed E-state index contributed by atoms with van der Waals surface area (Å²) in [7, 11) is 0. The Kier molecular flexibility index (Phi) is 4.06. The number of benzene rings is 2. The molecular weight excluding hydrogens is 363 g/mol. The molecule has 21 heavy (non-hydrogen) atoms. The van der Waals surface area contributed by atoms with Gasteiger partial charge in [0.15, 0.2) is 11.5 Å². The molecule has 1 heterocycles. The summed E-state index contributed by atoms with van der Waals surface area (Å²) < 4.78 is 25.3. The summed E-state index contributed by atoms with van der Waals surface area (Å²) in [5.74, 6) is 0.503. The molecule has 1 aliphatic heterocycles. The van der Waals surface area contributed by atoms with Crippen LogP contribution in [0.1, 0.15) is 17.2 Å². The van der Waals surface area contributed by atoms with Gasteiger partial charge in [0, 0.05) is 17.2 Å². The van der Waals surface area contributed by atoms with E-state index in [1.807, 2.05) is 0 Å². The molecule has 1 N–H and O–H groups in total. The minimum Gasteiger partial charge on any atom is -0.486 e. The van der Waals surface area contributed by atoms with E-state index >= 15 is 0 Å². The van der Waals surface area contributed by atoms with Crippen molar-refractivity contribution in [3.05, 3.63) is 56.8 Å². The molecule has 0 saturated heterocycles. The molecule has 1 aliphatic rings. The number of hydrogen-bond donors (Lipinski definition) is 1. The Morgan fingerprint density at radius 2 is 1.81 bits per heavy atom. The third kappa shape index (κ3) is 2.73. The van der Waals surface area contributed by atoms with Gasteiger partial charge >= 0.3 is 0 Å². The third-order valence-electron chi connectivity index (χ3n) is 3.23. The number of hydrogen-bond acceptors (Lipinski definition) is 3. The lowest BCUT2D eigenvalue weighted by Crippen LogP contribution is -2.16. The van der Waals surface area contributed by atoms with Gasteiger partial charge in [-0.2, -0.15) is 0 Å². The second-order valence-corrected chi connectivity index (χ2v) is 5.82. The van der Waals surface area contributed by atoms with Crippen LogP contribution in [-0.2, 0) is 0 Å². The first-order valence-electron chi connectivity index (χ1n) is 6.29. The Hall–Kier alpha value is -1.30. The normalized spacial score (nSPS) is 14.9. The van der Waals surface area contributed by atoms with E-state index in [-0.39, 0.29) is 10.0 Å². The minimum atomic E-state index is -1.19. The van der Waals surface area contributed by atoms with Crippen LogP contribution in [0.2, 0.25) is 5.02 Å². The smallest absolute Gasteiger partial charge is 0.162 e. The molecular formula is C15H11BrClFO3. The fourth-order valence-electron chi connectivity index (χ4n) is 2.19. The van der Waals surface area contributed by atoms with Crippen molar-refractivity contribution in [1.82, 2.24) is 0 Å². The monoisotopic (exact) mass is 372 g/mol. The summed E-state index contributed by atoms with van der Waals surface area (Å²) in [4.78, 5) is 0. The molecule has 3 nitrogen and oxygen atoms in total. The maximum atomic E-state index is 14.1. The van der Waals surface area contributed by atoms with Crippen LogP contribution in [0, 0.1) is 5.82 Å². The second-order valence-electron chi connectivity index (χ2n) is 4.56. The maximum absolute atomic E-state index is 14.1. The molecule has 2 aromatic rings. The summed E-state index contributed by atoms with van der Waals surface area (Å²) in [6, 6.07) is 7.89. The van der Waals surface area contributed by atoms with Gasteiger partial charge in [0.05, 0.1) is 9.50 Å². The molecule has 0 amide bonds. The van der Waals surface area contributed by atoms with Crippen LogP contribution in [0.3, 0.4) is 0 Å². The molecule has 110 valence electrons. The molecule has 6 heteroatoms. The molecule has 3 rings (SSSR count). The van der Waals surface area contributed by atoms with E-state index in [1.165, 1.54) is 6.07 Å². The van der Waals surface area contributed by atoms with E-state index in [0.29, 0.717) is 35.3 Å². The topological polar surface area (TPSA) is 38.7 Å². The standard InChI is InChI=1S/C15H11BrClFO3/c16-10-3-1-2-8(14(10)18)15(19)9-6-12-13(7-11(9)17)21-5-4-20-12/h1-3,6-7,15,19H,4-5H2. The Bertz CT molecular complexity index is 693. The highest BCUT2D eigenvalue weighted by molar-refractivity contribution is 9.10. The zero-order valence-electron chi connectivity index (χ0n) is 10.8. The predicted molar refractivity (Wildman–Crippen MR) is 80.6 cm³/mol. The minimum absolute atomic E-state index is 0.142. The van der Waals surface area contributed by atoms with Gasteiger partial charge in [-0.15, -0.1) is 0 Å². The van der Waals surface area contributed by atoms with Crippen LogP contribution < -0.4 is 9.47 Å². The summed E-state index contributed by atoms with van der Waals surface area (Å²) in [5.41, 5.74) is 0.515. The number of fused-ring (bicyclic) bond motifs is 1. The van der Waals surface area contributed by atoms with Crippen molar-refractivity contribution in [2.45, 2.75) is 6.10 Å². The Labute approximate surface area is 134 Å². The number of rotatable bonds is 2.